The molecule has 5 nitrogen and oxygen atoms in total. The van der Waals surface area contributed by atoms with Crippen LogP contribution in [-0.2, 0) is 0 Å². The highest BCUT2D eigenvalue weighted by Crippen LogP contribution is 2.09. The number of rotatable bonds is 4. The number of amides is 1. The molecule has 0 aromatic carbocycles. The molecule has 1 aromatic heterocycles. The molecule has 14 heavy (non-hydrogen) atoms. The first kappa shape index (κ1) is 10.6. The smallest absolute Gasteiger partial charge is 0.290 e. The van der Waals surface area contributed by atoms with Crippen molar-refractivity contribution in [3.05, 3.63) is 11.8 Å². The number of ether oxygens (including phenoxy) is 1. The van der Waals surface area contributed by atoms with Crippen molar-refractivity contribution in [2.24, 2.45) is 5.92 Å². The summed E-state index contributed by atoms with van der Waals surface area (Å²) in [4.78, 5) is 11.4. The standard InChI is InChI=1S/C9H14N2O3/c1-6(2)5-10-9(12)7-4-8(13-3)11-14-7/h4,6H,5H2,1-3H3,(H,10,12). The Morgan fingerprint density at radius 2 is 2.43 bits per heavy atom. The van der Waals surface area contributed by atoms with Crippen molar-refractivity contribution in [1.82, 2.24) is 10.5 Å². The fraction of sp³-hybridized carbons (Fsp3) is 0.556. The summed E-state index contributed by atoms with van der Waals surface area (Å²) in [5, 5.41) is 6.23. The highest BCUT2D eigenvalue weighted by atomic mass is 16.5. The summed E-state index contributed by atoms with van der Waals surface area (Å²) >= 11 is 0. The predicted octanol–water partition coefficient (Wildman–Crippen LogP) is 1.07. The molecule has 1 heterocycles. The Labute approximate surface area is 82.4 Å². The maximum Gasteiger partial charge on any atom is 0.290 e. The molecule has 0 bridgehead atoms. The highest BCUT2D eigenvalue weighted by Gasteiger charge is 2.12. The van der Waals surface area contributed by atoms with Crippen molar-refractivity contribution in [3.8, 4) is 5.88 Å². The molecule has 0 radical (unpaired) electrons. The lowest BCUT2D eigenvalue weighted by Gasteiger charge is -2.04. The third-order valence-electron chi connectivity index (χ3n) is 1.59. The number of carbonyl (C=O) groups excluding carboxylic acids is 1. The molecule has 0 saturated heterocycles. The van der Waals surface area contributed by atoms with Gasteiger partial charge in [-0.05, 0) is 11.1 Å². The minimum atomic E-state index is -0.269. The minimum absolute atomic E-state index is 0.169. The van der Waals surface area contributed by atoms with Gasteiger partial charge < -0.3 is 14.6 Å². The van der Waals surface area contributed by atoms with E-state index in [1.165, 1.54) is 13.2 Å². The molecule has 0 fully saturated rings. The molecule has 78 valence electrons. The second-order valence-electron chi connectivity index (χ2n) is 3.34. The largest absolute Gasteiger partial charge is 0.479 e. The Balaban J connectivity index is 2.52. The van der Waals surface area contributed by atoms with Crippen molar-refractivity contribution < 1.29 is 14.1 Å². The average Bonchev–Trinajstić information content (AvgIpc) is 2.62. The van der Waals surface area contributed by atoms with Gasteiger partial charge in [-0.15, -0.1) is 0 Å². The van der Waals surface area contributed by atoms with Gasteiger partial charge in [-0.3, -0.25) is 4.79 Å². The average molecular weight is 198 g/mol. The quantitative estimate of drug-likeness (QED) is 0.785. The van der Waals surface area contributed by atoms with Gasteiger partial charge in [0.15, 0.2) is 0 Å². The first-order valence-corrected chi connectivity index (χ1v) is 4.42. The zero-order valence-corrected chi connectivity index (χ0v) is 8.53. The van der Waals surface area contributed by atoms with E-state index < -0.39 is 0 Å². The molecule has 0 aliphatic heterocycles. The Morgan fingerprint density at radius 3 is 2.93 bits per heavy atom. The third kappa shape index (κ3) is 2.76. The van der Waals surface area contributed by atoms with E-state index in [9.17, 15) is 4.79 Å². The lowest BCUT2D eigenvalue weighted by Crippen LogP contribution is -2.26. The molecule has 0 unspecified atom stereocenters. The molecule has 0 saturated carbocycles. The van der Waals surface area contributed by atoms with E-state index in [1.807, 2.05) is 13.8 Å². The summed E-state index contributed by atoms with van der Waals surface area (Å²) in [7, 11) is 1.47. The molecule has 0 spiro atoms. The van der Waals surface area contributed by atoms with Crippen molar-refractivity contribution in [2.45, 2.75) is 13.8 Å². The van der Waals surface area contributed by atoms with Crippen LogP contribution < -0.4 is 10.1 Å². The van der Waals surface area contributed by atoms with Crippen LogP contribution in [-0.4, -0.2) is 24.7 Å². The Bertz CT molecular complexity index is 307. The molecule has 1 amide bonds. The lowest BCUT2D eigenvalue weighted by molar-refractivity contribution is 0.0911. The van der Waals surface area contributed by atoms with Crippen LogP contribution in [0.2, 0.25) is 0 Å². The fourth-order valence-corrected chi connectivity index (χ4v) is 0.846. The van der Waals surface area contributed by atoms with Gasteiger partial charge in [0.1, 0.15) is 0 Å². The van der Waals surface area contributed by atoms with Gasteiger partial charge >= 0.3 is 0 Å². The summed E-state index contributed by atoms with van der Waals surface area (Å²) in [6.07, 6.45) is 0. The molecular formula is C9H14N2O3. The third-order valence-corrected chi connectivity index (χ3v) is 1.59. The van der Waals surface area contributed by atoms with Crippen LogP contribution in [0.4, 0.5) is 0 Å². The Morgan fingerprint density at radius 1 is 1.71 bits per heavy atom. The Kier molecular flexibility index (Phi) is 3.50. The van der Waals surface area contributed by atoms with E-state index in [0.29, 0.717) is 18.3 Å². The topological polar surface area (TPSA) is 64.4 Å². The maximum atomic E-state index is 11.4. The number of carbonyl (C=O) groups is 1. The van der Waals surface area contributed by atoms with Crippen LogP contribution >= 0.6 is 0 Å². The normalized spacial score (nSPS) is 10.3. The van der Waals surface area contributed by atoms with Crippen molar-refractivity contribution in [3.63, 3.8) is 0 Å². The van der Waals surface area contributed by atoms with Gasteiger partial charge in [0.25, 0.3) is 11.8 Å². The van der Waals surface area contributed by atoms with Gasteiger partial charge in [0.2, 0.25) is 5.76 Å². The Hall–Kier alpha value is -1.52. The highest BCUT2D eigenvalue weighted by molar-refractivity contribution is 5.91. The summed E-state index contributed by atoms with van der Waals surface area (Å²) < 4.78 is 9.55. The maximum absolute atomic E-state index is 11.4. The zero-order chi connectivity index (χ0) is 10.6. The van der Waals surface area contributed by atoms with Crippen LogP contribution in [0.3, 0.4) is 0 Å². The van der Waals surface area contributed by atoms with Crippen molar-refractivity contribution in [1.29, 1.82) is 0 Å². The van der Waals surface area contributed by atoms with E-state index in [2.05, 4.69) is 10.5 Å². The lowest BCUT2D eigenvalue weighted by atomic mass is 10.2. The summed E-state index contributed by atoms with van der Waals surface area (Å²) in [5.41, 5.74) is 0. The van der Waals surface area contributed by atoms with E-state index >= 15 is 0 Å². The molecule has 1 N–H and O–H groups in total. The van der Waals surface area contributed by atoms with Crippen LogP contribution in [0.5, 0.6) is 5.88 Å². The number of nitrogens with zero attached hydrogens (tertiary/aromatic N) is 1. The van der Waals surface area contributed by atoms with Gasteiger partial charge in [-0.1, -0.05) is 13.8 Å². The molecule has 5 heteroatoms. The van der Waals surface area contributed by atoms with Gasteiger partial charge in [-0.25, -0.2) is 0 Å². The SMILES string of the molecule is COc1cc(C(=O)NCC(C)C)on1. The molecule has 0 aliphatic rings. The van der Waals surface area contributed by atoms with Gasteiger partial charge in [0, 0.05) is 6.54 Å². The van der Waals surface area contributed by atoms with Gasteiger partial charge in [0.05, 0.1) is 13.2 Å². The summed E-state index contributed by atoms with van der Waals surface area (Å²) in [6.45, 7) is 4.64. The fourth-order valence-electron chi connectivity index (χ4n) is 0.846. The van der Waals surface area contributed by atoms with Crippen molar-refractivity contribution in [2.75, 3.05) is 13.7 Å². The first-order valence-electron chi connectivity index (χ1n) is 4.42. The molecular weight excluding hydrogens is 184 g/mol. The number of hydrogen-bond acceptors (Lipinski definition) is 4. The van der Waals surface area contributed by atoms with Crippen molar-refractivity contribution >= 4 is 5.91 Å². The first-order chi connectivity index (χ1) is 6.63. The minimum Gasteiger partial charge on any atom is -0.479 e. The number of aromatic nitrogens is 1. The van der Waals surface area contributed by atoms with E-state index in [0.717, 1.165) is 0 Å². The van der Waals surface area contributed by atoms with E-state index in [1.54, 1.807) is 0 Å². The molecule has 1 aromatic rings. The molecule has 1 rings (SSSR count). The predicted molar refractivity (Wildman–Crippen MR) is 50.2 cm³/mol. The summed E-state index contributed by atoms with van der Waals surface area (Å²) in [5.74, 6) is 0.612. The monoisotopic (exact) mass is 198 g/mol. The number of hydrogen-bond donors (Lipinski definition) is 1. The van der Waals surface area contributed by atoms with E-state index in [-0.39, 0.29) is 11.7 Å². The zero-order valence-electron chi connectivity index (χ0n) is 8.53. The van der Waals surface area contributed by atoms with Crippen LogP contribution in [0.25, 0.3) is 0 Å². The number of methoxy groups -OCH3 is 1. The van der Waals surface area contributed by atoms with Crippen LogP contribution in [0.15, 0.2) is 10.6 Å². The van der Waals surface area contributed by atoms with E-state index in [4.69, 9.17) is 9.26 Å². The number of nitrogens with one attached hydrogen (secondary N) is 1. The molecule has 0 aliphatic carbocycles. The molecule has 0 atom stereocenters. The van der Waals surface area contributed by atoms with Crippen LogP contribution in [0, 0.1) is 5.92 Å². The van der Waals surface area contributed by atoms with Crippen LogP contribution in [0.1, 0.15) is 24.4 Å². The second-order valence-corrected chi connectivity index (χ2v) is 3.34. The second kappa shape index (κ2) is 4.64. The summed E-state index contributed by atoms with van der Waals surface area (Å²) in [6, 6.07) is 1.45. The van der Waals surface area contributed by atoms with Gasteiger partial charge in [-0.2, -0.15) is 0 Å².